The monoisotopic (exact) mass is 415 g/mol. The smallest absolute Gasteiger partial charge is 0.285 e. The van der Waals surface area contributed by atoms with Crippen LogP contribution < -0.4 is 10.2 Å². The third kappa shape index (κ3) is 4.18. The average Bonchev–Trinajstić information content (AvgIpc) is 2.95. The van der Waals surface area contributed by atoms with Crippen LogP contribution in [0.15, 0.2) is 53.4 Å². The Bertz CT molecular complexity index is 1020. The summed E-state index contributed by atoms with van der Waals surface area (Å²) in [7, 11) is 1.54. The minimum absolute atomic E-state index is 0.0417. The lowest BCUT2D eigenvalue weighted by molar-refractivity contribution is -0.384. The molecule has 1 aliphatic rings. The van der Waals surface area contributed by atoms with E-state index in [1.807, 2.05) is 0 Å². The molecule has 1 fully saturated rings. The summed E-state index contributed by atoms with van der Waals surface area (Å²) in [6.45, 7) is 0. The minimum atomic E-state index is -0.678. The predicted molar refractivity (Wildman–Crippen MR) is 109 cm³/mol. The topological polar surface area (TPSA) is 102 Å². The minimum Gasteiger partial charge on any atom is -0.497 e. The molecule has 0 aromatic heterocycles. The van der Waals surface area contributed by atoms with E-state index >= 15 is 0 Å². The number of hydrogen-bond donors (Lipinski definition) is 1. The highest BCUT2D eigenvalue weighted by Gasteiger charge is 2.34. The molecule has 1 saturated heterocycles. The van der Waals surface area contributed by atoms with Crippen LogP contribution in [0.2, 0.25) is 0 Å². The molecule has 0 atom stereocenters. The fourth-order valence-corrected chi connectivity index (χ4v) is 3.55. The van der Waals surface area contributed by atoms with E-state index in [0.29, 0.717) is 10.7 Å². The molecule has 3 rings (SSSR count). The van der Waals surface area contributed by atoms with Gasteiger partial charge in [0.05, 0.1) is 16.9 Å². The first-order valence-corrected chi connectivity index (χ1v) is 9.09. The fraction of sp³-hybridized carbons (Fsp3) is 0.0556. The van der Waals surface area contributed by atoms with Gasteiger partial charge in [-0.1, -0.05) is 30.0 Å². The maximum Gasteiger partial charge on any atom is 0.285 e. The summed E-state index contributed by atoms with van der Waals surface area (Å²) in [6.07, 6.45) is 1.64. The number of ether oxygens (including phenoxy) is 1. The van der Waals surface area contributed by atoms with Crippen LogP contribution >= 0.6 is 24.0 Å². The lowest BCUT2D eigenvalue weighted by atomic mass is 10.2. The Hall–Kier alpha value is -3.24. The number of amides is 2. The van der Waals surface area contributed by atoms with Crippen molar-refractivity contribution in [1.82, 2.24) is 10.4 Å². The van der Waals surface area contributed by atoms with Crippen molar-refractivity contribution in [1.29, 1.82) is 0 Å². The highest BCUT2D eigenvalue weighted by Crippen LogP contribution is 2.32. The molecule has 28 heavy (non-hydrogen) atoms. The van der Waals surface area contributed by atoms with Crippen LogP contribution in [0, 0.1) is 10.1 Å². The summed E-state index contributed by atoms with van der Waals surface area (Å²) in [5, 5.41) is 11.8. The van der Waals surface area contributed by atoms with Gasteiger partial charge in [-0.25, -0.2) is 0 Å². The first kappa shape index (κ1) is 19.5. The van der Waals surface area contributed by atoms with Gasteiger partial charge in [0.15, 0.2) is 4.32 Å². The van der Waals surface area contributed by atoms with E-state index in [0.717, 1.165) is 28.4 Å². The van der Waals surface area contributed by atoms with E-state index < -0.39 is 16.7 Å². The number of carbonyl (C=O) groups is 2. The number of nitro benzene ring substituents is 1. The summed E-state index contributed by atoms with van der Waals surface area (Å²) in [6, 6.07) is 12.3. The number of benzene rings is 2. The number of hydrogen-bond acceptors (Lipinski definition) is 7. The molecule has 2 aromatic carbocycles. The molecular weight excluding hydrogens is 402 g/mol. The Labute approximate surface area is 169 Å². The maximum atomic E-state index is 12.6. The molecule has 0 spiro atoms. The molecule has 0 radical (unpaired) electrons. The molecule has 0 aliphatic carbocycles. The highest BCUT2D eigenvalue weighted by atomic mass is 32.2. The number of carbonyl (C=O) groups excluding carboxylic acids is 2. The number of rotatable bonds is 5. The molecule has 2 amide bonds. The van der Waals surface area contributed by atoms with Crippen molar-refractivity contribution >= 4 is 51.9 Å². The Morgan fingerprint density at radius 3 is 2.75 bits per heavy atom. The van der Waals surface area contributed by atoms with Gasteiger partial charge in [-0.15, -0.1) is 0 Å². The Morgan fingerprint density at radius 1 is 1.29 bits per heavy atom. The Morgan fingerprint density at radius 2 is 2.04 bits per heavy atom. The standard InChI is InChI=1S/C18H13N3O5S2/c1-26-14-7-2-4-11(8-14)9-15-17(23)20(18(27)28-15)19-16(22)12-5-3-6-13(10-12)21(24)25/h2-10H,1H3,(H,19,22). The molecule has 0 unspecified atom stereocenters. The zero-order valence-corrected chi connectivity index (χ0v) is 16.1. The van der Waals surface area contributed by atoms with Gasteiger partial charge in [0.1, 0.15) is 5.75 Å². The molecule has 1 aliphatic heterocycles. The highest BCUT2D eigenvalue weighted by molar-refractivity contribution is 8.26. The first-order valence-electron chi connectivity index (χ1n) is 7.86. The van der Waals surface area contributed by atoms with Crippen molar-refractivity contribution in [2.45, 2.75) is 0 Å². The Balaban J connectivity index is 1.78. The van der Waals surface area contributed by atoms with Crippen LogP contribution in [0.25, 0.3) is 6.08 Å². The molecule has 1 heterocycles. The molecule has 1 N–H and O–H groups in total. The second-order valence-electron chi connectivity index (χ2n) is 5.54. The van der Waals surface area contributed by atoms with Crippen molar-refractivity contribution in [3.63, 3.8) is 0 Å². The zero-order valence-electron chi connectivity index (χ0n) is 14.4. The van der Waals surface area contributed by atoms with Crippen molar-refractivity contribution in [3.05, 3.63) is 74.7 Å². The number of hydrazine groups is 1. The van der Waals surface area contributed by atoms with Crippen LogP contribution in [0.4, 0.5) is 5.69 Å². The third-order valence-electron chi connectivity index (χ3n) is 3.72. The number of thioether (sulfide) groups is 1. The van der Waals surface area contributed by atoms with E-state index in [4.69, 9.17) is 17.0 Å². The van der Waals surface area contributed by atoms with Gasteiger partial charge in [-0.3, -0.25) is 25.1 Å². The number of non-ortho nitro benzene ring substituents is 1. The fourth-order valence-electron chi connectivity index (χ4n) is 2.37. The van der Waals surface area contributed by atoms with Crippen LogP contribution in [0.5, 0.6) is 5.75 Å². The van der Waals surface area contributed by atoms with E-state index in [-0.39, 0.29) is 15.6 Å². The average molecular weight is 415 g/mol. The summed E-state index contributed by atoms with van der Waals surface area (Å²) < 4.78 is 5.31. The van der Waals surface area contributed by atoms with E-state index in [1.54, 1.807) is 37.5 Å². The summed E-state index contributed by atoms with van der Waals surface area (Å²) in [5.41, 5.74) is 2.95. The van der Waals surface area contributed by atoms with Crippen molar-refractivity contribution < 1.29 is 19.2 Å². The second-order valence-corrected chi connectivity index (χ2v) is 7.22. The van der Waals surface area contributed by atoms with Crippen molar-refractivity contribution in [2.24, 2.45) is 0 Å². The van der Waals surface area contributed by atoms with Gasteiger partial charge in [-0.05, 0) is 42.1 Å². The third-order valence-corrected chi connectivity index (χ3v) is 5.02. The predicted octanol–water partition coefficient (Wildman–Crippen LogP) is 3.15. The molecule has 10 heteroatoms. The summed E-state index contributed by atoms with van der Waals surface area (Å²) in [5.74, 6) is -0.526. The second kappa shape index (κ2) is 8.19. The SMILES string of the molecule is COc1cccc(C=C2SC(=S)N(NC(=O)c3cccc([N+](=O)[O-])c3)C2=O)c1. The van der Waals surface area contributed by atoms with Crippen molar-refractivity contribution in [2.75, 3.05) is 7.11 Å². The molecular formula is C18H13N3O5S2. The van der Waals surface area contributed by atoms with E-state index in [2.05, 4.69) is 5.43 Å². The lowest BCUT2D eigenvalue weighted by Crippen LogP contribution is -2.44. The summed E-state index contributed by atoms with van der Waals surface area (Å²) in [4.78, 5) is 35.6. The summed E-state index contributed by atoms with van der Waals surface area (Å²) >= 11 is 6.22. The maximum absolute atomic E-state index is 12.6. The molecule has 8 nitrogen and oxygen atoms in total. The van der Waals surface area contributed by atoms with E-state index in [1.165, 1.54) is 18.2 Å². The van der Waals surface area contributed by atoms with Crippen molar-refractivity contribution in [3.8, 4) is 5.75 Å². The van der Waals surface area contributed by atoms with E-state index in [9.17, 15) is 19.7 Å². The normalized spacial score (nSPS) is 15.0. The van der Waals surface area contributed by atoms with Gasteiger partial charge in [0.2, 0.25) is 0 Å². The van der Waals surface area contributed by atoms with Gasteiger partial charge >= 0.3 is 0 Å². The number of nitrogens with one attached hydrogen (secondary N) is 1. The van der Waals surface area contributed by atoms with Gasteiger partial charge < -0.3 is 4.74 Å². The quantitative estimate of drug-likeness (QED) is 0.346. The lowest BCUT2D eigenvalue weighted by Gasteiger charge is -2.15. The largest absolute Gasteiger partial charge is 0.497 e. The molecule has 0 saturated carbocycles. The Kier molecular flexibility index (Phi) is 5.71. The molecule has 142 valence electrons. The van der Waals surface area contributed by atoms with Gasteiger partial charge in [0, 0.05) is 17.7 Å². The van der Waals surface area contributed by atoms with Crippen LogP contribution in [-0.4, -0.2) is 33.2 Å². The molecule has 0 bridgehead atoms. The van der Waals surface area contributed by atoms with Gasteiger partial charge in [-0.2, -0.15) is 5.01 Å². The first-order chi connectivity index (χ1) is 13.4. The number of nitrogens with zero attached hydrogens (tertiary/aromatic N) is 2. The molecule has 2 aromatic rings. The van der Waals surface area contributed by atoms with Crippen LogP contribution in [0.3, 0.4) is 0 Å². The zero-order chi connectivity index (χ0) is 20.3. The number of nitro groups is 1. The van der Waals surface area contributed by atoms with Crippen LogP contribution in [-0.2, 0) is 4.79 Å². The number of thiocarbonyl (C=S) groups is 1. The number of methoxy groups -OCH3 is 1. The van der Waals surface area contributed by atoms with Crippen LogP contribution in [0.1, 0.15) is 15.9 Å². The van der Waals surface area contributed by atoms with Gasteiger partial charge in [0.25, 0.3) is 17.5 Å².